The highest BCUT2D eigenvalue weighted by Crippen LogP contribution is 2.19. The fourth-order valence-corrected chi connectivity index (χ4v) is 2.60. The van der Waals surface area contributed by atoms with Crippen molar-refractivity contribution in [3.05, 3.63) is 59.9 Å². The van der Waals surface area contributed by atoms with Crippen molar-refractivity contribution >= 4 is 17.6 Å². The van der Waals surface area contributed by atoms with Gasteiger partial charge in [-0.3, -0.25) is 4.79 Å². The normalized spacial score (nSPS) is 12.4. The number of nitrogens with one attached hydrogen (secondary N) is 3. The third kappa shape index (κ3) is 8.08. The van der Waals surface area contributed by atoms with Crippen molar-refractivity contribution in [2.45, 2.75) is 33.0 Å². The largest absolute Gasteiger partial charge is 0.491 e. The number of aliphatic imine (C=N–C) groups is 1. The molecule has 30 heavy (non-hydrogen) atoms. The lowest BCUT2D eigenvalue weighted by Gasteiger charge is -2.17. The molecule has 0 aliphatic rings. The highest BCUT2D eigenvalue weighted by atomic mass is 19.1. The Labute approximate surface area is 176 Å². The summed E-state index contributed by atoms with van der Waals surface area (Å²) in [4.78, 5) is 16.3. The van der Waals surface area contributed by atoms with Gasteiger partial charge in [0, 0.05) is 18.8 Å². The number of aliphatic hydroxyl groups is 1. The summed E-state index contributed by atoms with van der Waals surface area (Å²) in [7, 11) is 0. The zero-order chi connectivity index (χ0) is 21.9. The molecule has 0 aliphatic heterocycles. The number of aliphatic hydroxyl groups excluding tert-OH is 1. The summed E-state index contributed by atoms with van der Waals surface area (Å²) in [5.74, 6) is 0.391. The maximum Gasteiger partial charge on any atom is 0.246 e. The smallest absolute Gasteiger partial charge is 0.246 e. The van der Waals surface area contributed by atoms with Crippen LogP contribution in [0.1, 0.15) is 32.4 Å². The van der Waals surface area contributed by atoms with Crippen LogP contribution in [0.15, 0.2) is 53.5 Å². The molecule has 162 valence electrons. The molecule has 0 aromatic heterocycles. The monoisotopic (exact) mass is 416 g/mol. The number of halogens is 1. The van der Waals surface area contributed by atoms with Gasteiger partial charge in [-0.05, 0) is 62.7 Å². The van der Waals surface area contributed by atoms with Crippen LogP contribution in [-0.4, -0.2) is 42.7 Å². The van der Waals surface area contributed by atoms with Crippen molar-refractivity contribution in [2.24, 2.45) is 4.99 Å². The number of carbonyl (C=O) groups is 1. The molecule has 0 aliphatic carbocycles. The number of hydrogen-bond acceptors (Lipinski definition) is 4. The minimum atomic E-state index is -0.780. The Bertz CT molecular complexity index is 841. The average Bonchev–Trinajstić information content (AvgIpc) is 2.71. The average molecular weight is 416 g/mol. The third-order valence-electron chi connectivity index (χ3n) is 3.93. The molecular formula is C22H29FN4O3. The van der Waals surface area contributed by atoms with E-state index in [4.69, 9.17) is 4.74 Å². The molecule has 0 radical (unpaired) electrons. The van der Waals surface area contributed by atoms with Gasteiger partial charge in [-0.25, -0.2) is 9.38 Å². The molecule has 2 aromatic rings. The fourth-order valence-electron chi connectivity index (χ4n) is 2.60. The van der Waals surface area contributed by atoms with E-state index in [0.717, 1.165) is 0 Å². The lowest BCUT2D eigenvalue weighted by atomic mass is 10.1. The fraction of sp³-hybridized carbons (Fsp3) is 0.364. The number of nitrogens with zero attached hydrogens (tertiary/aromatic N) is 1. The molecule has 0 saturated carbocycles. The molecule has 0 saturated heterocycles. The van der Waals surface area contributed by atoms with Crippen molar-refractivity contribution in [1.29, 1.82) is 0 Å². The van der Waals surface area contributed by atoms with Crippen molar-refractivity contribution in [1.82, 2.24) is 10.6 Å². The number of carbonyl (C=O) groups excluding carboxylic acids is 1. The van der Waals surface area contributed by atoms with Gasteiger partial charge in [-0.1, -0.05) is 12.1 Å². The Morgan fingerprint density at radius 1 is 1.17 bits per heavy atom. The Morgan fingerprint density at radius 3 is 2.57 bits per heavy atom. The third-order valence-corrected chi connectivity index (χ3v) is 3.93. The summed E-state index contributed by atoms with van der Waals surface area (Å²) >= 11 is 0. The van der Waals surface area contributed by atoms with E-state index in [1.165, 1.54) is 24.3 Å². The predicted octanol–water partition coefficient (Wildman–Crippen LogP) is 2.84. The highest BCUT2D eigenvalue weighted by molar-refractivity contribution is 5.94. The van der Waals surface area contributed by atoms with Crippen LogP contribution in [-0.2, 0) is 4.79 Å². The second-order valence-corrected chi connectivity index (χ2v) is 6.89. The number of rotatable bonds is 9. The van der Waals surface area contributed by atoms with Gasteiger partial charge < -0.3 is 25.8 Å². The van der Waals surface area contributed by atoms with Gasteiger partial charge in [-0.15, -0.1) is 0 Å². The van der Waals surface area contributed by atoms with Crippen molar-refractivity contribution in [2.75, 3.05) is 25.0 Å². The molecule has 1 atom stereocenters. The molecule has 4 N–H and O–H groups in total. The minimum Gasteiger partial charge on any atom is -0.491 e. The first-order chi connectivity index (χ1) is 14.4. The van der Waals surface area contributed by atoms with Crippen LogP contribution >= 0.6 is 0 Å². The summed E-state index contributed by atoms with van der Waals surface area (Å²) in [5, 5.41) is 19.2. The van der Waals surface area contributed by atoms with E-state index in [2.05, 4.69) is 20.9 Å². The Kier molecular flexibility index (Phi) is 9.08. The van der Waals surface area contributed by atoms with Crippen LogP contribution in [0.5, 0.6) is 5.75 Å². The second kappa shape index (κ2) is 11.8. The molecule has 0 bridgehead atoms. The highest BCUT2D eigenvalue weighted by Gasteiger charge is 2.11. The van der Waals surface area contributed by atoms with Crippen molar-refractivity contribution in [3.63, 3.8) is 0 Å². The van der Waals surface area contributed by atoms with Gasteiger partial charge in [0.2, 0.25) is 5.91 Å². The maximum absolute atomic E-state index is 12.9. The number of benzene rings is 2. The molecule has 2 rings (SSSR count). The molecule has 0 spiro atoms. The predicted molar refractivity (Wildman–Crippen MR) is 116 cm³/mol. The van der Waals surface area contributed by atoms with Crippen LogP contribution in [0.4, 0.5) is 10.1 Å². The van der Waals surface area contributed by atoms with Gasteiger partial charge in [0.25, 0.3) is 0 Å². The van der Waals surface area contributed by atoms with Crippen molar-refractivity contribution < 1.29 is 19.0 Å². The number of anilines is 1. The maximum atomic E-state index is 12.9. The summed E-state index contributed by atoms with van der Waals surface area (Å²) in [6.07, 6.45) is -0.735. The zero-order valence-electron chi connectivity index (χ0n) is 17.5. The first kappa shape index (κ1) is 23.2. The molecular weight excluding hydrogens is 387 g/mol. The summed E-state index contributed by atoms with van der Waals surface area (Å²) in [5.41, 5.74) is 1.21. The van der Waals surface area contributed by atoms with E-state index >= 15 is 0 Å². The topological polar surface area (TPSA) is 95.0 Å². The zero-order valence-corrected chi connectivity index (χ0v) is 17.5. The number of amides is 1. The van der Waals surface area contributed by atoms with Crippen LogP contribution in [0.25, 0.3) is 0 Å². The molecule has 2 aromatic carbocycles. The Balaban J connectivity index is 1.91. The molecule has 7 nitrogen and oxygen atoms in total. The van der Waals surface area contributed by atoms with Crippen LogP contribution in [0.2, 0.25) is 0 Å². The first-order valence-electron chi connectivity index (χ1n) is 9.89. The van der Waals surface area contributed by atoms with Gasteiger partial charge in [0.15, 0.2) is 5.96 Å². The van der Waals surface area contributed by atoms with E-state index in [1.54, 1.807) is 6.07 Å². The second-order valence-electron chi connectivity index (χ2n) is 6.89. The van der Waals surface area contributed by atoms with Gasteiger partial charge in [0.1, 0.15) is 18.1 Å². The first-order valence-corrected chi connectivity index (χ1v) is 9.89. The standard InChI is InChI=1S/C22H29FN4O3/c1-4-24-22(26-14-21(29)27-18-10-8-17(23)9-11-18)25-13-20(28)16-6-5-7-19(12-16)30-15(2)3/h5-12,15,20,28H,4,13-14H2,1-3H3,(H,27,29)(H2,24,25,26). The quantitative estimate of drug-likeness (QED) is 0.373. The molecule has 1 unspecified atom stereocenters. The van der Waals surface area contributed by atoms with E-state index in [1.807, 2.05) is 39.0 Å². The molecule has 0 fully saturated rings. The number of ether oxygens (including phenoxy) is 1. The SMILES string of the molecule is CCNC(=NCC(=O)Nc1ccc(F)cc1)NCC(O)c1cccc(OC(C)C)c1. The summed E-state index contributed by atoms with van der Waals surface area (Å²) in [6, 6.07) is 12.8. The Hall–Kier alpha value is -3.13. The van der Waals surface area contributed by atoms with Gasteiger partial charge in [0.05, 0.1) is 12.2 Å². The van der Waals surface area contributed by atoms with Crippen LogP contribution < -0.4 is 20.7 Å². The summed E-state index contributed by atoms with van der Waals surface area (Å²) < 4.78 is 18.6. The lowest BCUT2D eigenvalue weighted by molar-refractivity contribution is -0.114. The number of hydrogen-bond donors (Lipinski definition) is 4. The van der Waals surface area contributed by atoms with Gasteiger partial charge in [-0.2, -0.15) is 0 Å². The summed E-state index contributed by atoms with van der Waals surface area (Å²) in [6.45, 7) is 6.46. The van der Waals surface area contributed by atoms with E-state index in [-0.39, 0.29) is 30.9 Å². The lowest BCUT2D eigenvalue weighted by Crippen LogP contribution is -2.40. The molecule has 1 amide bonds. The molecule has 0 heterocycles. The van der Waals surface area contributed by atoms with E-state index in [9.17, 15) is 14.3 Å². The Morgan fingerprint density at radius 2 is 1.90 bits per heavy atom. The van der Waals surface area contributed by atoms with Crippen LogP contribution in [0, 0.1) is 5.82 Å². The minimum absolute atomic E-state index is 0.0454. The number of guanidine groups is 1. The van der Waals surface area contributed by atoms with Crippen LogP contribution in [0.3, 0.4) is 0 Å². The molecule has 8 heteroatoms. The van der Waals surface area contributed by atoms with E-state index < -0.39 is 6.10 Å². The van der Waals surface area contributed by atoms with Gasteiger partial charge >= 0.3 is 0 Å². The van der Waals surface area contributed by atoms with E-state index in [0.29, 0.717) is 29.5 Å². The van der Waals surface area contributed by atoms with Crippen molar-refractivity contribution in [3.8, 4) is 5.75 Å².